The van der Waals surface area contributed by atoms with Crippen LogP contribution < -0.4 is 5.73 Å². The number of phenolic OH excluding ortho intramolecular Hbond substituents is 1. The molecule has 0 aliphatic heterocycles. The first-order valence-electron chi connectivity index (χ1n) is 6.10. The summed E-state index contributed by atoms with van der Waals surface area (Å²) in [5, 5.41) is 10.3. The Hall–Kier alpha value is -1.02. The van der Waals surface area contributed by atoms with E-state index in [-0.39, 0.29) is 6.04 Å². The molecular formula is C14H21NO. The second kappa shape index (κ2) is 4.10. The molecule has 2 nitrogen and oxygen atoms in total. The van der Waals surface area contributed by atoms with Crippen LogP contribution in [0.15, 0.2) is 6.07 Å². The zero-order chi connectivity index (χ0) is 11.9. The Morgan fingerprint density at radius 2 is 2.19 bits per heavy atom. The summed E-state index contributed by atoms with van der Waals surface area (Å²) >= 11 is 0. The monoisotopic (exact) mass is 219 g/mol. The van der Waals surface area contributed by atoms with Crippen LogP contribution in [0.3, 0.4) is 0 Å². The van der Waals surface area contributed by atoms with Crippen molar-refractivity contribution in [3.63, 3.8) is 0 Å². The van der Waals surface area contributed by atoms with E-state index in [9.17, 15) is 5.11 Å². The van der Waals surface area contributed by atoms with Crippen molar-refractivity contribution in [2.45, 2.75) is 46.1 Å². The van der Waals surface area contributed by atoms with Gasteiger partial charge in [0.15, 0.2) is 0 Å². The van der Waals surface area contributed by atoms with Crippen LogP contribution in [0.2, 0.25) is 0 Å². The molecule has 0 saturated heterocycles. The molecule has 0 heterocycles. The Morgan fingerprint density at radius 1 is 1.50 bits per heavy atom. The fourth-order valence-corrected chi connectivity index (χ4v) is 2.72. The minimum absolute atomic E-state index is 0.0285. The Bertz CT molecular complexity index is 410. The van der Waals surface area contributed by atoms with Crippen LogP contribution in [-0.4, -0.2) is 5.11 Å². The van der Waals surface area contributed by atoms with Gasteiger partial charge < -0.3 is 10.8 Å². The minimum atomic E-state index is 0.0285. The summed E-state index contributed by atoms with van der Waals surface area (Å²) < 4.78 is 0. The third-order valence-corrected chi connectivity index (χ3v) is 3.46. The lowest BCUT2D eigenvalue weighted by atomic mass is 9.93. The highest BCUT2D eigenvalue weighted by Gasteiger charge is 2.26. The van der Waals surface area contributed by atoms with Gasteiger partial charge in [-0.05, 0) is 48.8 Å². The van der Waals surface area contributed by atoms with Gasteiger partial charge in [0.05, 0.1) is 0 Å². The zero-order valence-electron chi connectivity index (χ0n) is 10.4. The molecule has 1 atom stereocenters. The summed E-state index contributed by atoms with van der Waals surface area (Å²) in [6, 6.07) is 2.16. The van der Waals surface area contributed by atoms with E-state index in [1.807, 2.05) is 0 Å². The number of hydrogen-bond donors (Lipinski definition) is 2. The first-order valence-corrected chi connectivity index (χ1v) is 6.10. The van der Waals surface area contributed by atoms with Crippen molar-refractivity contribution in [1.82, 2.24) is 0 Å². The highest BCUT2D eigenvalue weighted by atomic mass is 16.3. The molecule has 2 heteroatoms. The second-order valence-corrected chi connectivity index (χ2v) is 5.34. The van der Waals surface area contributed by atoms with Crippen LogP contribution in [-0.2, 0) is 12.8 Å². The molecule has 1 aromatic carbocycles. The second-order valence-electron chi connectivity index (χ2n) is 5.34. The average molecular weight is 219 g/mol. The number of hydrogen-bond acceptors (Lipinski definition) is 2. The fourth-order valence-electron chi connectivity index (χ4n) is 2.72. The molecular weight excluding hydrogens is 198 g/mol. The Labute approximate surface area is 97.5 Å². The lowest BCUT2D eigenvalue weighted by Gasteiger charge is -2.15. The summed E-state index contributed by atoms with van der Waals surface area (Å²) in [5.74, 6) is 1.01. The standard InChI is InChI=1S/C14H21NO/c1-8(2)6-10-7-9(3)11-4-5-12(15)13(11)14(10)16/h7-8,12,16H,4-6,15H2,1-3H3. The maximum atomic E-state index is 10.3. The van der Waals surface area contributed by atoms with E-state index in [0.717, 1.165) is 30.4 Å². The normalized spacial score (nSPS) is 19.2. The summed E-state index contributed by atoms with van der Waals surface area (Å²) in [5.41, 5.74) is 10.7. The van der Waals surface area contributed by atoms with Gasteiger partial charge in [-0.25, -0.2) is 0 Å². The van der Waals surface area contributed by atoms with Gasteiger partial charge in [-0.1, -0.05) is 19.9 Å². The van der Waals surface area contributed by atoms with Gasteiger partial charge in [0, 0.05) is 11.6 Å². The summed E-state index contributed by atoms with van der Waals surface area (Å²) in [7, 11) is 0. The highest BCUT2D eigenvalue weighted by Crippen LogP contribution is 2.40. The number of rotatable bonds is 2. The van der Waals surface area contributed by atoms with E-state index < -0.39 is 0 Å². The van der Waals surface area contributed by atoms with Gasteiger partial charge in [-0.2, -0.15) is 0 Å². The number of aromatic hydroxyl groups is 1. The molecule has 1 aliphatic rings. The van der Waals surface area contributed by atoms with Gasteiger partial charge in [-0.15, -0.1) is 0 Å². The molecule has 0 aromatic heterocycles. The third-order valence-electron chi connectivity index (χ3n) is 3.46. The molecule has 1 aromatic rings. The quantitative estimate of drug-likeness (QED) is 0.803. The van der Waals surface area contributed by atoms with Crippen molar-refractivity contribution in [2.24, 2.45) is 11.7 Å². The van der Waals surface area contributed by atoms with E-state index in [0.29, 0.717) is 11.7 Å². The highest BCUT2D eigenvalue weighted by molar-refractivity contribution is 5.53. The van der Waals surface area contributed by atoms with E-state index in [2.05, 4.69) is 26.8 Å². The SMILES string of the molecule is Cc1cc(CC(C)C)c(O)c2c1CCC2N. The first kappa shape index (κ1) is 11.5. The molecule has 2 rings (SSSR count). The molecule has 0 radical (unpaired) electrons. The average Bonchev–Trinajstić information content (AvgIpc) is 2.56. The molecule has 0 spiro atoms. The summed E-state index contributed by atoms with van der Waals surface area (Å²) in [6.07, 6.45) is 2.90. The molecule has 0 fully saturated rings. The fraction of sp³-hybridized carbons (Fsp3) is 0.571. The lowest BCUT2D eigenvalue weighted by molar-refractivity contribution is 0.451. The van der Waals surface area contributed by atoms with E-state index in [1.165, 1.54) is 11.1 Å². The lowest BCUT2D eigenvalue weighted by Crippen LogP contribution is -2.07. The summed E-state index contributed by atoms with van der Waals surface area (Å²) in [6.45, 7) is 6.46. The number of fused-ring (bicyclic) bond motifs is 1. The van der Waals surface area contributed by atoms with Crippen LogP contribution in [0.1, 0.15) is 48.6 Å². The Morgan fingerprint density at radius 3 is 2.81 bits per heavy atom. The Balaban J connectivity index is 2.50. The molecule has 88 valence electrons. The van der Waals surface area contributed by atoms with Gasteiger partial charge in [-0.3, -0.25) is 0 Å². The van der Waals surface area contributed by atoms with Crippen molar-refractivity contribution >= 4 is 0 Å². The molecule has 1 aliphatic carbocycles. The maximum absolute atomic E-state index is 10.3. The molecule has 0 bridgehead atoms. The van der Waals surface area contributed by atoms with Crippen molar-refractivity contribution in [3.05, 3.63) is 28.3 Å². The molecule has 16 heavy (non-hydrogen) atoms. The number of nitrogens with two attached hydrogens (primary N) is 1. The van der Waals surface area contributed by atoms with Crippen LogP contribution in [0.5, 0.6) is 5.75 Å². The van der Waals surface area contributed by atoms with Crippen molar-refractivity contribution < 1.29 is 5.11 Å². The number of phenols is 1. The number of aryl methyl sites for hydroxylation is 1. The van der Waals surface area contributed by atoms with Crippen molar-refractivity contribution in [3.8, 4) is 5.75 Å². The Kier molecular flexibility index (Phi) is 2.94. The van der Waals surface area contributed by atoms with Crippen molar-refractivity contribution in [2.75, 3.05) is 0 Å². The topological polar surface area (TPSA) is 46.2 Å². The van der Waals surface area contributed by atoms with Crippen molar-refractivity contribution in [1.29, 1.82) is 0 Å². The largest absolute Gasteiger partial charge is 0.507 e. The van der Waals surface area contributed by atoms with Gasteiger partial charge in [0.1, 0.15) is 5.75 Å². The van der Waals surface area contributed by atoms with E-state index >= 15 is 0 Å². The number of benzene rings is 1. The first-order chi connectivity index (χ1) is 7.50. The van der Waals surface area contributed by atoms with Crippen LogP contribution in [0, 0.1) is 12.8 Å². The van der Waals surface area contributed by atoms with Gasteiger partial charge in [0.2, 0.25) is 0 Å². The predicted octanol–water partition coefficient (Wildman–Crippen LogP) is 2.85. The minimum Gasteiger partial charge on any atom is -0.507 e. The van der Waals surface area contributed by atoms with Crippen LogP contribution in [0.25, 0.3) is 0 Å². The molecule has 3 N–H and O–H groups in total. The van der Waals surface area contributed by atoms with E-state index in [1.54, 1.807) is 0 Å². The molecule has 0 amide bonds. The maximum Gasteiger partial charge on any atom is 0.123 e. The van der Waals surface area contributed by atoms with Crippen LogP contribution in [0.4, 0.5) is 0 Å². The smallest absolute Gasteiger partial charge is 0.123 e. The van der Waals surface area contributed by atoms with Crippen LogP contribution >= 0.6 is 0 Å². The zero-order valence-corrected chi connectivity index (χ0v) is 10.4. The van der Waals surface area contributed by atoms with Gasteiger partial charge in [0.25, 0.3) is 0 Å². The molecule has 1 unspecified atom stereocenters. The third kappa shape index (κ3) is 1.82. The predicted molar refractivity (Wildman–Crippen MR) is 66.6 cm³/mol. The van der Waals surface area contributed by atoms with E-state index in [4.69, 9.17) is 5.73 Å². The molecule has 0 saturated carbocycles. The van der Waals surface area contributed by atoms with Gasteiger partial charge >= 0.3 is 0 Å². The summed E-state index contributed by atoms with van der Waals surface area (Å²) in [4.78, 5) is 0.